The number of rotatable bonds is 5. The molecule has 0 radical (unpaired) electrons. The van der Waals surface area contributed by atoms with Crippen LogP contribution in [0.1, 0.15) is 5.56 Å². The first-order valence-corrected chi connectivity index (χ1v) is 8.82. The van der Waals surface area contributed by atoms with Gasteiger partial charge in [0.15, 0.2) is 6.04 Å². The quantitative estimate of drug-likeness (QED) is 0.481. The maximum Gasteiger partial charge on any atom is 0.333 e. The summed E-state index contributed by atoms with van der Waals surface area (Å²) in [4.78, 5) is 26.0. The topological polar surface area (TPSA) is 81.9 Å². The van der Waals surface area contributed by atoms with Gasteiger partial charge in [0.2, 0.25) is 5.91 Å². The highest BCUT2D eigenvalue weighted by atomic mass is 35.5. The Balaban J connectivity index is 1.69. The van der Waals surface area contributed by atoms with Crippen molar-refractivity contribution in [2.24, 2.45) is 5.73 Å². The number of ether oxygens (including phenoxy) is 2. The zero-order valence-electron chi connectivity index (χ0n) is 13.0. The number of benzene rings is 1. The van der Waals surface area contributed by atoms with Gasteiger partial charge in [0.05, 0.1) is 7.11 Å². The Morgan fingerprint density at radius 2 is 2.08 bits per heavy atom. The van der Waals surface area contributed by atoms with Crippen LogP contribution in [0, 0.1) is 0 Å². The van der Waals surface area contributed by atoms with Gasteiger partial charge in [-0.25, -0.2) is 4.79 Å². The summed E-state index contributed by atoms with van der Waals surface area (Å²) >= 11 is 7.33. The van der Waals surface area contributed by atoms with Crippen LogP contribution in [0.2, 0.25) is 0 Å². The molecule has 0 bridgehead atoms. The van der Waals surface area contributed by atoms with Crippen LogP contribution in [0.5, 0.6) is 5.75 Å². The Hall–Kier alpha value is -1.70. The van der Waals surface area contributed by atoms with Crippen molar-refractivity contribution in [1.82, 2.24) is 4.90 Å². The average molecular weight is 369 g/mol. The van der Waals surface area contributed by atoms with Crippen LogP contribution in [-0.2, 0) is 20.9 Å². The molecule has 1 unspecified atom stereocenters. The maximum atomic E-state index is 12.5. The number of nitrogens with zero attached hydrogens (tertiary/aromatic N) is 1. The number of esters is 1. The van der Waals surface area contributed by atoms with Crippen molar-refractivity contribution in [3.8, 4) is 5.75 Å². The third-order valence-corrected chi connectivity index (χ3v) is 5.57. The van der Waals surface area contributed by atoms with Crippen LogP contribution in [-0.4, -0.2) is 47.2 Å². The van der Waals surface area contributed by atoms with Gasteiger partial charge in [-0.05, 0) is 28.7 Å². The lowest BCUT2D eigenvalue weighted by Crippen LogP contribution is -2.72. The molecule has 128 valence electrons. The van der Waals surface area contributed by atoms with E-state index in [-0.39, 0.29) is 23.8 Å². The van der Waals surface area contributed by atoms with Crippen molar-refractivity contribution in [3.05, 3.63) is 40.8 Å². The monoisotopic (exact) mass is 368 g/mol. The Bertz CT molecular complexity index is 679. The Labute approximate surface area is 148 Å². The van der Waals surface area contributed by atoms with Crippen molar-refractivity contribution >= 4 is 35.2 Å². The van der Waals surface area contributed by atoms with Gasteiger partial charge in [-0.2, -0.15) is 0 Å². The van der Waals surface area contributed by atoms with E-state index < -0.39 is 18.1 Å². The highest BCUT2D eigenvalue weighted by Crippen LogP contribution is 2.39. The number of halogens is 1. The van der Waals surface area contributed by atoms with E-state index in [2.05, 4.69) is 0 Å². The largest absolute Gasteiger partial charge is 0.497 e. The zero-order valence-corrected chi connectivity index (χ0v) is 14.5. The average Bonchev–Trinajstić information content (AvgIpc) is 2.64. The van der Waals surface area contributed by atoms with Gasteiger partial charge in [-0.1, -0.05) is 12.1 Å². The van der Waals surface area contributed by atoms with E-state index >= 15 is 0 Å². The van der Waals surface area contributed by atoms with Crippen molar-refractivity contribution in [2.75, 3.05) is 13.0 Å². The molecule has 0 spiro atoms. The number of β-lactam (4-membered cyclic amide) rings is 1. The Kier molecular flexibility index (Phi) is 5.03. The molecule has 0 aliphatic carbocycles. The third kappa shape index (κ3) is 2.99. The van der Waals surface area contributed by atoms with Gasteiger partial charge in [0.1, 0.15) is 23.8 Å². The minimum absolute atomic E-state index is 0.112. The number of fused-ring (bicyclic) bond motifs is 1. The summed E-state index contributed by atoms with van der Waals surface area (Å²) in [5, 5.41) is 1.57. The molecule has 2 aliphatic heterocycles. The number of alkyl halides is 1. The fraction of sp³-hybridized carbons (Fsp3) is 0.375. The number of methoxy groups -OCH3 is 1. The molecule has 24 heavy (non-hydrogen) atoms. The van der Waals surface area contributed by atoms with Gasteiger partial charge >= 0.3 is 5.97 Å². The molecule has 2 aliphatic rings. The second-order valence-electron chi connectivity index (χ2n) is 5.48. The summed E-state index contributed by atoms with van der Waals surface area (Å²) < 4.78 is 10.5. The number of thioether (sulfide) groups is 1. The number of carbonyl (C=O) groups is 2. The first-order chi connectivity index (χ1) is 11.6. The summed E-state index contributed by atoms with van der Waals surface area (Å²) in [7, 11) is 1.58. The summed E-state index contributed by atoms with van der Waals surface area (Å²) in [5.41, 5.74) is 7.26. The van der Waals surface area contributed by atoms with E-state index in [1.165, 1.54) is 16.7 Å². The lowest BCUT2D eigenvalue weighted by Gasteiger charge is -2.50. The predicted octanol–water partition coefficient (Wildman–Crippen LogP) is 1.47. The van der Waals surface area contributed by atoms with E-state index in [0.29, 0.717) is 5.57 Å². The van der Waals surface area contributed by atoms with Gasteiger partial charge in [-0.15, -0.1) is 23.4 Å². The van der Waals surface area contributed by atoms with E-state index in [4.69, 9.17) is 26.8 Å². The molecule has 1 fully saturated rings. The zero-order chi connectivity index (χ0) is 17.3. The molecular weight excluding hydrogens is 352 g/mol. The highest BCUT2D eigenvalue weighted by molar-refractivity contribution is 8.02. The smallest absolute Gasteiger partial charge is 0.333 e. The van der Waals surface area contributed by atoms with Crippen LogP contribution in [0.4, 0.5) is 0 Å². The van der Waals surface area contributed by atoms with Crippen molar-refractivity contribution in [2.45, 2.75) is 24.1 Å². The SMILES string of the molecule is COc1ccc(COC(=O)C2C(CCl)=CS[C@@H]3[C@H](N)C(=O)N23)cc1. The van der Waals surface area contributed by atoms with Crippen LogP contribution in [0.3, 0.4) is 0 Å². The molecule has 2 heterocycles. The molecule has 3 atom stereocenters. The van der Waals surface area contributed by atoms with E-state index in [9.17, 15) is 9.59 Å². The first kappa shape index (κ1) is 17.1. The van der Waals surface area contributed by atoms with Gasteiger partial charge < -0.3 is 20.1 Å². The molecule has 8 heteroatoms. The Morgan fingerprint density at radius 3 is 2.71 bits per heavy atom. The molecule has 1 aromatic carbocycles. The second-order valence-corrected chi connectivity index (χ2v) is 6.74. The number of hydrogen-bond acceptors (Lipinski definition) is 6. The van der Waals surface area contributed by atoms with E-state index in [1.54, 1.807) is 24.7 Å². The fourth-order valence-corrected chi connectivity index (χ4v) is 4.14. The number of carbonyl (C=O) groups excluding carboxylic acids is 2. The van der Waals surface area contributed by atoms with E-state index in [1.807, 2.05) is 12.1 Å². The normalized spacial score (nSPS) is 25.5. The lowest BCUT2D eigenvalue weighted by atomic mass is 9.99. The Morgan fingerprint density at radius 1 is 1.38 bits per heavy atom. The van der Waals surface area contributed by atoms with Crippen LogP contribution in [0.25, 0.3) is 0 Å². The van der Waals surface area contributed by atoms with Crippen molar-refractivity contribution in [3.63, 3.8) is 0 Å². The third-order valence-electron chi connectivity index (χ3n) is 4.03. The van der Waals surface area contributed by atoms with E-state index in [0.717, 1.165) is 11.3 Å². The minimum Gasteiger partial charge on any atom is -0.497 e. The van der Waals surface area contributed by atoms with Crippen molar-refractivity contribution in [1.29, 1.82) is 0 Å². The molecule has 1 saturated heterocycles. The molecule has 2 N–H and O–H groups in total. The molecule has 0 aromatic heterocycles. The number of nitrogens with two attached hydrogens (primary N) is 1. The van der Waals surface area contributed by atoms with Gasteiger partial charge in [0.25, 0.3) is 0 Å². The second kappa shape index (κ2) is 7.04. The van der Waals surface area contributed by atoms with Gasteiger partial charge in [0, 0.05) is 5.88 Å². The standard InChI is InChI=1S/C16H17ClN2O4S/c1-22-11-4-2-9(3-5-11)7-23-16(21)13-10(6-17)8-24-15-12(18)14(20)19(13)15/h2-5,8,12-13,15H,6-7,18H2,1H3/t12-,13?,15-/m1/s1. The molecule has 6 nitrogen and oxygen atoms in total. The van der Waals surface area contributed by atoms with Crippen molar-refractivity contribution < 1.29 is 19.1 Å². The van der Waals surface area contributed by atoms with Crippen LogP contribution >= 0.6 is 23.4 Å². The van der Waals surface area contributed by atoms with Crippen LogP contribution in [0.15, 0.2) is 35.2 Å². The molecule has 0 saturated carbocycles. The highest BCUT2D eigenvalue weighted by Gasteiger charge is 2.53. The maximum absolute atomic E-state index is 12.5. The fourth-order valence-electron chi connectivity index (χ4n) is 2.66. The number of hydrogen-bond donors (Lipinski definition) is 1. The first-order valence-electron chi connectivity index (χ1n) is 7.34. The number of amides is 1. The van der Waals surface area contributed by atoms with Crippen LogP contribution < -0.4 is 10.5 Å². The summed E-state index contributed by atoms with van der Waals surface area (Å²) in [5.74, 6) is 0.128. The summed E-state index contributed by atoms with van der Waals surface area (Å²) in [6.07, 6.45) is 0. The molecular formula is C16H17ClN2O4S. The summed E-state index contributed by atoms with van der Waals surface area (Å²) in [6.45, 7) is 0.112. The molecule has 3 rings (SSSR count). The minimum atomic E-state index is -0.792. The molecule has 1 amide bonds. The lowest BCUT2D eigenvalue weighted by molar-refractivity contribution is -0.162. The summed E-state index contributed by atoms with van der Waals surface area (Å²) in [6, 6.07) is 5.83. The molecule has 1 aromatic rings. The van der Waals surface area contributed by atoms with Gasteiger partial charge in [-0.3, -0.25) is 4.79 Å². The predicted molar refractivity (Wildman–Crippen MR) is 91.6 cm³/mol.